The standard InChI is InChI=1S/C15H13ClOSe/c1-15(18-11-7-3-2-4-8-11)14(16)12-9-5-6-10-13(12)17-15/h2-10,14H,1H3. The summed E-state index contributed by atoms with van der Waals surface area (Å²) in [6.45, 7) is 2.11. The number of hydrogen-bond acceptors (Lipinski definition) is 1. The number of alkyl halides is 1. The first kappa shape index (κ1) is 12.1. The summed E-state index contributed by atoms with van der Waals surface area (Å²) in [6.07, 6.45) is 0. The SMILES string of the molecule is CC1([Se]c2ccccc2)Oc2ccccc2C1Cl. The van der Waals surface area contributed by atoms with Crippen LogP contribution < -0.4 is 9.20 Å². The molecule has 3 rings (SSSR count). The van der Waals surface area contributed by atoms with Crippen molar-refractivity contribution in [1.29, 1.82) is 0 Å². The minimum atomic E-state index is -0.306. The first-order valence-electron chi connectivity index (χ1n) is 5.85. The van der Waals surface area contributed by atoms with E-state index in [0.29, 0.717) is 0 Å². The van der Waals surface area contributed by atoms with Crippen molar-refractivity contribution < 1.29 is 4.74 Å². The molecule has 0 saturated heterocycles. The summed E-state index contributed by atoms with van der Waals surface area (Å²) in [4.78, 5) is 0. The van der Waals surface area contributed by atoms with Crippen LogP contribution in [0, 0.1) is 0 Å². The van der Waals surface area contributed by atoms with Crippen molar-refractivity contribution in [1.82, 2.24) is 0 Å². The van der Waals surface area contributed by atoms with Gasteiger partial charge in [0, 0.05) is 0 Å². The molecular weight excluding hydrogens is 311 g/mol. The molecule has 2 atom stereocenters. The van der Waals surface area contributed by atoms with Crippen LogP contribution in [0.2, 0.25) is 0 Å². The Morgan fingerprint density at radius 2 is 1.72 bits per heavy atom. The molecule has 2 unspecified atom stereocenters. The van der Waals surface area contributed by atoms with E-state index in [1.807, 2.05) is 24.3 Å². The number of para-hydroxylation sites is 1. The Balaban J connectivity index is 1.90. The molecule has 3 heteroatoms. The summed E-state index contributed by atoms with van der Waals surface area (Å²) in [5.41, 5.74) is 1.11. The van der Waals surface area contributed by atoms with Crippen LogP contribution in [-0.2, 0) is 0 Å². The van der Waals surface area contributed by atoms with E-state index in [1.54, 1.807) is 0 Å². The third kappa shape index (κ3) is 2.05. The maximum absolute atomic E-state index is 6.59. The van der Waals surface area contributed by atoms with E-state index in [0.717, 1.165) is 11.3 Å². The average Bonchev–Trinajstić information content (AvgIpc) is 2.63. The van der Waals surface area contributed by atoms with E-state index in [9.17, 15) is 0 Å². The van der Waals surface area contributed by atoms with Crippen LogP contribution in [0.5, 0.6) is 5.75 Å². The molecule has 92 valence electrons. The van der Waals surface area contributed by atoms with Gasteiger partial charge < -0.3 is 0 Å². The molecule has 0 aliphatic carbocycles. The Bertz CT molecular complexity index is 557. The van der Waals surface area contributed by atoms with Gasteiger partial charge in [0.15, 0.2) is 0 Å². The third-order valence-corrected chi connectivity index (χ3v) is 6.56. The molecule has 1 nitrogen and oxygen atoms in total. The number of fused-ring (bicyclic) bond motifs is 1. The van der Waals surface area contributed by atoms with Gasteiger partial charge in [0.1, 0.15) is 0 Å². The van der Waals surface area contributed by atoms with Gasteiger partial charge in [-0.15, -0.1) is 0 Å². The van der Waals surface area contributed by atoms with Gasteiger partial charge in [-0.05, 0) is 0 Å². The molecular formula is C15H13ClOSe. The van der Waals surface area contributed by atoms with Gasteiger partial charge >= 0.3 is 118 Å². The Morgan fingerprint density at radius 1 is 1.06 bits per heavy atom. The Morgan fingerprint density at radius 3 is 2.44 bits per heavy atom. The molecule has 0 spiro atoms. The molecule has 0 saturated carbocycles. The van der Waals surface area contributed by atoms with E-state index >= 15 is 0 Å². The van der Waals surface area contributed by atoms with Crippen LogP contribution in [-0.4, -0.2) is 19.5 Å². The topological polar surface area (TPSA) is 9.23 Å². The van der Waals surface area contributed by atoms with Gasteiger partial charge in [0.2, 0.25) is 0 Å². The van der Waals surface area contributed by atoms with Crippen molar-refractivity contribution in [2.75, 3.05) is 0 Å². The van der Waals surface area contributed by atoms with Crippen molar-refractivity contribution in [3.63, 3.8) is 0 Å². The van der Waals surface area contributed by atoms with Gasteiger partial charge in [0.05, 0.1) is 0 Å². The van der Waals surface area contributed by atoms with Crippen LogP contribution >= 0.6 is 11.6 Å². The van der Waals surface area contributed by atoms with Crippen LogP contribution in [0.15, 0.2) is 54.6 Å². The van der Waals surface area contributed by atoms with Crippen LogP contribution in [0.25, 0.3) is 0 Å². The fraction of sp³-hybridized carbons (Fsp3) is 0.200. The van der Waals surface area contributed by atoms with Crippen molar-refractivity contribution in [2.45, 2.75) is 16.8 Å². The molecule has 0 bridgehead atoms. The molecule has 1 aliphatic rings. The monoisotopic (exact) mass is 324 g/mol. The summed E-state index contributed by atoms with van der Waals surface area (Å²) < 4.78 is 7.11. The van der Waals surface area contributed by atoms with Gasteiger partial charge in [0.25, 0.3) is 0 Å². The van der Waals surface area contributed by atoms with Crippen molar-refractivity contribution >= 4 is 31.0 Å². The fourth-order valence-electron chi connectivity index (χ4n) is 2.13. The number of hydrogen-bond donors (Lipinski definition) is 0. The molecule has 0 radical (unpaired) electrons. The zero-order valence-electron chi connectivity index (χ0n) is 9.97. The summed E-state index contributed by atoms with van der Waals surface area (Å²) in [5, 5.41) is -0.0751. The molecule has 2 aromatic carbocycles. The zero-order valence-corrected chi connectivity index (χ0v) is 12.4. The zero-order chi connectivity index (χ0) is 12.6. The first-order chi connectivity index (χ1) is 8.69. The summed E-state index contributed by atoms with van der Waals surface area (Å²) in [6, 6.07) is 18.5. The van der Waals surface area contributed by atoms with Gasteiger partial charge in [-0.3, -0.25) is 0 Å². The van der Waals surface area contributed by atoms with Crippen LogP contribution in [0.1, 0.15) is 17.9 Å². The van der Waals surface area contributed by atoms with Gasteiger partial charge in [-0.2, -0.15) is 0 Å². The van der Waals surface area contributed by atoms with Crippen LogP contribution in [0.4, 0.5) is 0 Å². The number of rotatable bonds is 2. The second-order valence-electron chi connectivity index (χ2n) is 4.43. The predicted molar refractivity (Wildman–Crippen MR) is 75.9 cm³/mol. The van der Waals surface area contributed by atoms with Crippen molar-refractivity contribution in [3.05, 3.63) is 60.2 Å². The summed E-state index contributed by atoms with van der Waals surface area (Å²) in [7, 11) is 0. The van der Waals surface area contributed by atoms with Crippen LogP contribution in [0.3, 0.4) is 0 Å². The number of ether oxygens (including phenoxy) is 1. The number of halogens is 1. The second-order valence-corrected chi connectivity index (χ2v) is 7.99. The maximum atomic E-state index is 6.59. The van der Waals surface area contributed by atoms with Crippen molar-refractivity contribution in [2.24, 2.45) is 0 Å². The second kappa shape index (κ2) is 4.62. The van der Waals surface area contributed by atoms with E-state index < -0.39 is 0 Å². The Hall–Kier alpha value is -0.951. The summed E-state index contributed by atoms with van der Waals surface area (Å²) >= 11 is 6.77. The van der Waals surface area contributed by atoms with E-state index in [4.69, 9.17) is 16.3 Å². The fourth-order valence-corrected chi connectivity index (χ4v) is 4.94. The Kier molecular flexibility index (Phi) is 3.11. The molecule has 2 aromatic rings. The molecule has 0 amide bonds. The van der Waals surface area contributed by atoms with E-state index in [1.165, 1.54) is 4.46 Å². The van der Waals surface area contributed by atoms with Crippen molar-refractivity contribution in [3.8, 4) is 5.75 Å². The minimum absolute atomic E-state index is 0.0751. The molecule has 0 fully saturated rings. The predicted octanol–water partition coefficient (Wildman–Crippen LogP) is 3.10. The van der Waals surface area contributed by atoms with E-state index in [-0.39, 0.29) is 24.8 Å². The molecule has 0 N–H and O–H groups in total. The van der Waals surface area contributed by atoms with Gasteiger partial charge in [-0.25, -0.2) is 0 Å². The summed E-state index contributed by atoms with van der Waals surface area (Å²) in [5.74, 6) is 0.929. The quantitative estimate of drug-likeness (QED) is 0.609. The third-order valence-electron chi connectivity index (χ3n) is 3.03. The molecule has 1 aliphatic heterocycles. The van der Waals surface area contributed by atoms with E-state index in [2.05, 4.69) is 37.3 Å². The molecule has 0 aromatic heterocycles. The Labute approximate surface area is 118 Å². The average molecular weight is 324 g/mol. The number of benzene rings is 2. The normalized spacial score (nSPS) is 25.6. The van der Waals surface area contributed by atoms with Gasteiger partial charge in [-0.1, -0.05) is 0 Å². The molecule has 1 heterocycles. The first-order valence-corrected chi connectivity index (χ1v) is 8.00. The molecule has 18 heavy (non-hydrogen) atoms.